The molecule has 2 fully saturated rings. The van der Waals surface area contributed by atoms with Crippen LogP contribution in [0.5, 0.6) is 0 Å². The molecule has 0 saturated carbocycles. The Morgan fingerprint density at radius 2 is 2.03 bits per heavy atom. The fourth-order valence-electron chi connectivity index (χ4n) is 4.18. The third-order valence-corrected chi connectivity index (χ3v) is 5.90. The van der Waals surface area contributed by atoms with Gasteiger partial charge in [-0.25, -0.2) is 19.9 Å². The maximum atomic E-state index is 10.3. The number of ether oxygens (including phenoxy) is 1. The fraction of sp³-hybridized carbons (Fsp3) is 0.500. The number of nitrogens with zero attached hydrogens (tertiary/aromatic N) is 6. The molecule has 0 aliphatic carbocycles. The number of imidazole rings is 1. The molecule has 3 aromatic heterocycles. The van der Waals surface area contributed by atoms with Crippen molar-refractivity contribution in [3.05, 3.63) is 36.5 Å². The average Bonchev–Trinajstić information content (AvgIpc) is 3.48. The highest BCUT2D eigenvalue weighted by molar-refractivity contribution is 5.83. The van der Waals surface area contributed by atoms with Crippen molar-refractivity contribution in [1.29, 1.82) is 0 Å². The molecule has 4 N–H and O–H groups in total. The van der Waals surface area contributed by atoms with E-state index in [1.165, 1.54) is 12.7 Å². The van der Waals surface area contributed by atoms with Crippen LogP contribution in [0, 0.1) is 6.92 Å². The number of aryl methyl sites for hydroxylation is 1. The Labute approximate surface area is 178 Å². The predicted molar refractivity (Wildman–Crippen MR) is 112 cm³/mol. The predicted octanol–water partition coefficient (Wildman–Crippen LogP) is -0.168. The van der Waals surface area contributed by atoms with Crippen LogP contribution < -0.4 is 10.2 Å². The average molecular weight is 427 g/mol. The van der Waals surface area contributed by atoms with Crippen molar-refractivity contribution in [3.63, 3.8) is 0 Å². The number of aliphatic hydroxyl groups excluding tert-OH is 3. The van der Waals surface area contributed by atoms with Crippen LogP contribution in [-0.2, 0) is 4.74 Å². The molecular weight excluding hydrogens is 402 g/mol. The summed E-state index contributed by atoms with van der Waals surface area (Å²) in [5.74, 6) is 1.55. The van der Waals surface area contributed by atoms with Crippen LogP contribution in [0.4, 0.5) is 11.6 Å². The van der Waals surface area contributed by atoms with Crippen molar-refractivity contribution in [2.75, 3.05) is 29.9 Å². The first-order valence-corrected chi connectivity index (χ1v) is 10.3. The molecule has 164 valence electrons. The minimum Gasteiger partial charge on any atom is -0.394 e. The fourth-order valence-corrected chi connectivity index (χ4v) is 4.18. The van der Waals surface area contributed by atoms with Gasteiger partial charge >= 0.3 is 0 Å². The molecule has 0 amide bonds. The van der Waals surface area contributed by atoms with E-state index in [-0.39, 0.29) is 6.04 Å². The van der Waals surface area contributed by atoms with Gasteiger partial charge in [-0.2, -0.15) is 0 Å². The zero-order valence-electron chi connectivity index (χ0n) is 17.0. The van der Waals surface area contributed by atoms with Crippen molar-refractivity contribution in [2.24, 2.45) is 0 Å². The molecule has 11 heteroatoms. The lowest BCUT2D eigenvalue weighted by Crippen LogP contribution is -2.33. The van der Waals surface area contributed by atoms with E-state index >= 15 is 0 Å². The number of rotatable bonds is 5. The van der Waals surface area contributed by atoms with E-state index in [1.807, 2.05) is 19.2 Å². The highest BCUT2D eigenvalue weighted by Gasteiger charge is 2.44. The molecular formula is C20H25N7O4. The normalized spacial score (nSPS) is 28.5. The smallest absolute Gasteiger partial charge is 0.167 e. The maximum absolute atomic E-state index is 10.3. The van der Waals surface area contributed by atoms with Crippen LogP contribution in [0.15, 0.2) is 31.0 Å². The number of aliphatic hydroxyl groups is 3. The van der Waals surface area contributed by atoms with E-state index in [0.717, 1.165) is 30.9 Å². The van der Waals surface area contributed by atoms with Gasteiger partial charge in [-0.15, -0.1) is 0 Å². The van der Waals surface area contributed by atoms with Gasteiger partial charge in [0.15, 0.2) is 23.2 Å². The van der Waals surface area contributed by atoms with Gasteiger partial charge in [-0.1, -0.05) is 6.07 Å². The van der Waals surface area contributed by atoms with Gasteiger partial charge in [0.25, 0.3) is 0 Å². The lowest BCUT2D eigenvalue weighted by atomic mass is 10.1. The number of hydrogen-bond donors (Lipinski definition) is 4. The van der Waals surface area contributed by atoms with Crippen LogP contribution in [0.2, 0.25) is 0 Å². The molecule has 0 radical (unpaired) electrons. The van der Waals surface area contributed by atoms with Gasteiger partial charge in [0, 0.05) is 25.3 Å². The summed E-state index contributed by atoms with van der Waals surface area (Å²) >= 11 is 0. The lowest BCUT2D eigenvalue weighted by molar-refractivity contribution is -0.0511. The Kier molecular flexibility index (Phi) is 5.18. The molecule has 3 aromatic rings. The number of aromatic nitrogens is 5. The Hall–Kier alpha value is -2.86. The highest BCUT2D eigenvalue weighted by atomic mass is 16.6. The second-order valence-electron chi connectivity index (χ2n) is 8.04. The number of anilines is 2. The van der Waals surface area contributed by atoms with Gasteiger partial charge < -0.3 is 30.3 Å². The van der Waals surface area contributed by atoms with Crippen LogP contribution in [0.3, 0.4) is 0 Å². The molecule has 2 aliphatic rings. The lowest BCUT2D eigenvalue weighted by Gasteiger charge is -2.18. The van der Waals surface area contributed by atoms with Crippen LogP contribution in [0.1, 0.15) is 18.2 Å². The van der Waals surface area contributed by atoms with Gasteiger partial charge in [0.2, 0.25) is 0 Å². The molecule has 5 atom stereocenters. The van der Waals surface area contributed by atoms with E-state index in [4.69, 9.17) is 4.74 Å². The summed E-state index contributed by atoms with van der Waals surface area (Å²) in [6, 6.07) is 4.25. The largest absolute Gasteiger partial charge is 0.394 e. The van der Waals surface area contributed by atoms with E-state index in [1.54, 1.807) is 4.57 Å². The van der Waals surface area contributed by atoms with E-state index < -0.39 is 31.1 Å². The van der Waals surface area contributed by atoms with Gasteiger partial charge in [0.1, 0.15) is 30.5 Å². The van der Waals surface area contributed by atoms with Crippen LogP contribution in [0.25, 0.3) is 11.2 Å². The molecule has 0 aromatic carbocycles. The number of nitrogens with one attached hydrogen (secondary N) is 1. The Bertz CT molecular complexity index is 1060. The van der Waals surface area contributed by atoms with Gasteiger partial charge in [-0.05, 0) is 25.0 Å². The molecule has 2 aliphatic heterocycles. The SMILES string of the molecule is Cc1ccc(N2CC[C@H](Nc3ncnc4c3ncn4[C@@H]3O[C@H](CO)[C@@H](O)[C@H]3O)C2)nc1. The third kappa shape index (κ3) is 3.59. The molecule has 2 saturated heterocycles. The summed E-state index contributed by atoms with van der Waals surface area (Å²) in [7, 11) is 0. The van der Waals surface area contributed by atoms with E-state index in [2.05, 4.69) is 36.2 Å². The van der Waals surface area contributed by atoms with Crippen LogP contribution in [-0.4, -0.2) is 83.9 Å². The number of pyridine rings is 1. The van der Waals surface area contributed by atoms with E-state index in [0.29, 0.717) is 17.0 Å². The minimum atomic E-state index is -1.20. The molecule has 0 bridgehead atoms. The Balaban J connectivity index is 1.34. The second-order valence-corrected chi connectivity index (χ2v) is 8.04. The number of fused-ring (bicyclic) bond motifs is 1. The number of hydrogen-bond acceptors (Lipinski definition) is 10. The Morgan fingerprint density at radius 1 is 1.16 bits per heavy atom. The van der Waals surface area contributed by atoms with Gasteiger partial charge in [-0.3, -0.25) is 4.57 Å². The first-order valence-electron chi connectivity index (χ1n) is 10.3. The zero-order chi connectivity index (χ0) is 21.5. The minimum absolute atomic E-state index is 0.167. The third-order valence-electron chi connectivity index (χ3n) is 5.90. The van der Waals surface area contributed by atoms with Gasteiger partial charge in [0.05, 0.1) is 12.9 Å². The molecule has 5 rings (SSSR count). The summed E-state index contributed by atoms with van der Waals surface area (Å²) in [6.45, 7) is 3.30. The zero-order valence-corrected chi connectivity index (χ0v) is 17.0. The first-order chi connectivity index (χ1) is 15.0. The molecule has 11 nitrogen and oxygen atoms in total. The monoisotopic (exact) mass is 427 g/mol. The molecule has 0 spiro atoms. The quantitative estimate of drug-likeness (QED) is 0.434. The van der Waals surface area contributed by atoms with Crippen molar-refractivity contribution in [1.82, 2.24) is 24.5 Å². The summed E-state index contributed by atoms with van der Waals surface area (Å²) < 4.78 is 7.17. The van der Waals surface area contributed by atoms with Crippen molar-refractivity contribution in [3.8, 4) is 0 Å². The first kappa shape index (κ1) is 20.1. The molecule has 0 unspecified atom stereocenters. The summed E-state index contributed by atoms with van der Waals surface area (Å²) in [5.41, 5.74) is 2.15. The second kappa shape index (κ2) is 8.00. The topological polar surface area (TPSA) is 142 Å². The highest BCUT2D eigenvalue weighted by Crippen LogP contribution is 2.32. The summed E-state index contributed by atoms with van der Waals surface area (Å²) in [4.78, 5) is 19.8. The maximum Gasteiger partial charge on any atom is 0.167 e. The van der Waals surface area contributed by atoms with Crippen molar-refractivity contribution in [2.45, 2.75) is 43.9 Å². The molecule has 5 heterocycles. The van der Waals surface area contributed by atoms with Crippen LogP contribution >= 0.6 is 0 Å². The Morgan fingerprint density at radius 3 is 2.77 bits per heavy atom. The van der Waals surface area contributed by atoms with Crippen molar-refractivity contribution < 1.29 is 20.1 Å². The molecule has 31 heavy (non-hydrogen) atoms. The van der Waals surface area contributed by atoms with E-state index in [9.17, 15) is 15.3 Å². The summed E-state index contributed by atoms with van der Waals surface area (Å²) in [5, 5.41) is 33.2. The van der Waals surface area contributed by atoms with Crippen molar-refractivity contribution >= 4 is 22.8 Å². The summed E-state index contributed by atoms with van der Waals surface area (Å²) in [6.07, 6.45) is 1.58. The standard InChI is InChI=1S/C20H25N7O4/c1-11-2-3-14(21-6-11)26-5-4-12(7-26)25-18-15-19(23-9-22-18)27(10-24-15)20-17(30)16(29)13(8-28)31-20/h2-3,6,9-10,12-13,16-17,20,28-30H,4-5,7-8H2,1H3,(H,22,23,25)/t12-,13+,16+,17+,20+/m0/s1.